The highest BCUT2D eigenvalue weighted by molar-refractivity contribution is 6.30. The molecule has 0 atom stereocenters. The van der Waals surface area contributed by atoms with Gasteiger partial charge in [0.2, 0.25) is 0 Å². The molecule has 94 valence electrons. The molecule has 1 aromatic carbocycles. The van der Waals surface area contributed by atoms with Crippen molar-refractivity contribution in [3.8, 4) is 5.69 Å². The van der Waals surface area contributed by atoms with Crippen molar-refractivity contribution < 1.29 is 0 Å². The number of hydrogen-bond acceptors (Lipinski definition) is 2. The molecular weight excluding hydrogens is 252 g/mol. The van der Waals surface area contributed by atoms with Gasteiger partial charge in [0.15, 0.2) is 0 Å². The van der Waals surface area contributed by atoms with Crippen LogP contribution >= 0.6 is 11.6 Å². The first kappa shape index (κ1) is 12.6. The number of benzene rings is 1. The fourth-order valence-electron chi connectivity index (χ4n) is 1.73. The Bertz CT molecular complexity index is 656. The number of hydrogen-bond donors (Lipinski definition) is 0. The van der Waals surface area contributed by atoms with E-state index in [1.807, 2.05) is 6.92 Å². The molecule has 0 fully saturated rings. The van der Waals surface area contributed by atoms with Crippen LogP contribution in [0.2, 0.25) is 5.02 Å². The van der Waals surface area contributed by atoms with Crippen LogP contribution in [-0.2, 0) is 6.54 Å². The maximum absolute atomic E-state index is 11.9. The molecule has 0 aliphatic heterocycles. The molecule has 5 heteroatoms. The van der Waals surface area contributed by atoms with Crippen LogP contribution in [0.4, 0.5) is 0 Å². The molecule has 1 aromatic heterocycles. The number of halogens is 1. The predicted molar refractivity (Wildman–Crippen MR) is 71.6 cm³/mol. The van der Waals surface area contributed by atoms with Gasteiger partial charge in [-0.25, -0.2) is 0 Å². The summed E-state index contributed by atoms with van der Waals surface area (Å²) in [5.41, 5.74) is -0.423. The summed E-state index contributed by atoms with van der Waals surface area (Å²) in [7, 11) is 0. The summed E-state index contributed by atoms with van der Waals surface area (Å²) in [6, 6.07) is 6.77. The Balaban J connectivity index is 2.54. The molecule has 4 nitrogen and oxygen atoms in total. The molecule has 1 heterocycles. The van der Waals surface area contributed by atoms with Gasteiger partial charge in [-0.1, -0.05) is 18.5 Å². The van der Waals surface area contributed by atoms with Crippen molar-refractivity contribution in [3.63, 3.8) is 0 Å². The Labute approximate surface area is 109 Å². The smallest absolute Gasteiger partial charge is 0.309 e. The van der Waals surface area contributed by atoms with Crippen molar-refractivity contribution in [2.45, 2.75) is 19.9 Å². The van der Waals surface area contributed by atoms with E-state index in [0.717, 1.165) is 6.42 Å². The van der Waals surface area contributed by atoms with Crippen LogP contribution in [0.3, 0.4) is 0 Å². The van der Waals surface area contributed by atoms with Crippen LogP contribution in [-0.4, -0.2) is 9.13 Å². The molecule has 0 N–H and O–H groups in total. The monoisotopic (exact) mass is 264 g/mol. The zero-order chi connectivity index (χ0) is 13.1. The van der Waals surface area contributed by atoms with E-state index in [0.29, 0.717) is 17.3 Å². The van der Waals surface area contributed by atoms with E-state index < -0.39 is 11.1 Å². The van der Waals surface area contributed by atoms with Crippen LogP contribution in [0.1, 0.15) is 13.3 Å². The summed E-state index contributed by atoms with van der Waals surface area (Å²) in [6.07, 6.45) is 4.04. The fourth-order valence-corrected chi connectivity index (χ4v) is 1.86. The van der Waals surface area contributed by atoms with E-state index in [-0.39, 0.29) is 0 Å². The number of rotatable bonds is 3. The highest BCUT2D eigenvalue weighted by Gasteiger charge is 2.05. The lowest BCUT2D eigenvalue weighted by Crippen LogP contribution is -2.39. The maximum atomic E-state index is 11.9. The minimum Gasteiger partial charge on any atom is -0.309 e. The van der Waals surface area contributed by atoms with E-state index >= 15 is 0 Å². The van der Waals surface area contributed by atoms with E-state index in [2.05, 4.69) is 0 Å². The van der Waals surface area contributed by atoms with Crippen molar-refractivity contribution >= 4 is 11.6 Å². The quantitative estimate of drug-likeness (QED) is 0.797. The lowest BCUT2D eigenvalue weighted by molar-refractivity contribution is 0.633. The highest BCUT2D eigenvalue weighted by Crippen LogP contribution is 2.11. The highest BCUT2D eigenvalue weighted by atomic mass is 35.5. The third kappa shape index (κ3) is 2.38. The van der Waals surface area contributed by atoms with Gasteiger partial charge in [-0.2, -0.15) is 0 Å². The third-order valence-corrected chi connectivity index (χ3v) is 2.88. The molecule has 18 heavy (non-hydrogen) atoms. The molecular formula is C13H13ClN2O2. The van der Waals surface area contributed by atoms with Gasteiger partial charge in [-0.05, 0) is 30.7 Å². The second-order valence-electron chi connectivity index (χ2n) is 3.95. The van der Waals surface area contributed by atoms with Crippen LogP contribution in [0, 0.1) is 0 Å². The molecule has 0 aliphatic rings. The zero-order valence-corrected chi connectivity index (χ0v) is 10.7. The van der Waals surface area contributed by atoms with Crippen LogP contribution < -0.4 is 11.1 Å². The Kier molecular flexibility index (Phi) is 3.67. The second kappa shape index (κ2) is 5.23. The molecule has 0 unspecified atom stereocenters. The minimum atomic E-state index is -0.548. The van der Waals surface area contributed by atoms with Gasteiger partial charge in [0, 0.05) is 29.6 Å². The van der Waals surface area contributed by atoms with E-state index in [9.17, 15) is 9.59 Å². The summed E-state index contributed by atoms with van der Waals surface area (Å²) < 4.78 is 2.75. The lowest BCUT2D eigenvalue weighted by Gasteiger charge is -2.08. The normalized spacial score (nSPS) is 10.6. The van der Waals surface area contributed by atoms with Crippen LogP contribution in [0.5, 0.6) is 0 Å². The minimum absolute atomic E-state index is 0.505. The molecule has 0 saturated heterocycles. The summed E-state index contributed by atoms with van der Waals surface area (Å²) in [6.45, 7) is 2.51. The standard InChI is InChI=1S/C13H13ClN2O2/c1-2-7-15-8-9-16(13(18)12(15)17)11-5-3-10(14)4-6-11/h3-6,8-9H,2,7H2,1H3. The van der Waals surface area contributed by atoms with E-state index in [1.54, 1.807) is 36.7 Å². The Hall–Kier alpha value is -1.81. The van der Waals surface area contributed by atoms with Gasteiger partial charge in [-0.15, -0.1) is 0 Å². The van der Waals surface area contributed by atoms with Gasteiger partial charge in [0.05, 0.1) is 0 Å². The third-order valence-electron chi connectivity index (χ3n) is 2.63. The maximum Gasteiger partial charge on any atom is 0.320 e. The van der Waals surface area contributed by atoms with Crippen molar-refractivity contribution in [1.29, 1.82) is 0 Å². The molecule has 0 bridgehead atoms. The zero-order valence-electron chi connectivity index (χ0n) is 9.97. The summed E-state index contributed by atoms with van der Waals surface area (Å²) >= 11 is 5.78. The summed E-state index contributed by atoms with van der Waals surface area (Å²) in [5, 5.41) is 0.589. The Morgan fingerprint density at radius 2 is 1.72 bits per heavy atom. The fraction of sp³-hybridized carbons (Fsp3) is 0.231. The average molecular weight is 265 g/mol. The Morgan fingerprint density at radius 1 is 1.06 bits per heavy atom. The molecule has 0 aliphatic carbocycles. The first-order valence-corrected chi connectivity index (χ1v) is 6.09. The number of aromatic nitrogens is 2. The molecule has 0 spiro atoms. The number of nitrogens with zero attached hydrogens (tertiary/aromatic N) is 2. The van der Waals surface area contributed by atoms with Crippen molar-refractivity contribution in [3.05, 3.63) is 62.4 Å². The number of aryl methyl sites for hydroxylation is 1. The largest absolute Gasteiger partial charge is 0.320 e. The van der Waals surface area contributed by atoms with Gasteiger partial charge in [0.25, 0.3) is 0 Å². The van der Waals surface area contributed by atoms with E-state index in [1.165, 1.54) is 9.13 Å². The van der Waals surface area contributed by atoms with Crippen LogP contribution in [0.15, 0.2) is 46.2 Å². The van der Waals surface area contributed by atoms with Crippen LogP contribution in [0.25, 0.3) is 5.69 Å². The van der Waals surface area contributed by atoms with Gasteiger partial charge < -0.3 is 4.57 Å². The SMILES string of the molecule is CCCn1ccn(-c2ccc(Cl)cc2)c(=O)c1=O. The molecule has 2 rings (SSSR count). The van der Waals surface area contributed by atoms with Crippen molar-refractivity contribution in [1.82, 2.24) is 9.13 Å². The average Bonchev–Trinajstić information content (AvgIpc) is 2.37. The molecule has 2 aromatic rings. The first-order valence-electron chi connectivity index (χ1n) is 5.71. The van der Waals surface area contributed by atoms with Gasteiger partial charge in [0.1, 0.15) is 0 Å². The van der Waals surface area contributed by atoms with Crippen molar-refractivity contribution in [2.24, 2.45) is 0 Å². The second-order valence-corrected chi connectivity index (χ2v) is 4.38. The lowest BCUT2D eigenvalue weighted by atomic mass is 10.3. The van der Waals surface area contributed by atoms with Gasteiger partial charge in [-0.3, -0.25) is 14.2 Å². The van der Waals surface area contributed by atoms with E-state index in [4.69, 9.17) is 11.6 Å². The topological polar surface area (TPSA) is 44.0 Å². The molecule has 0 radical (unpaired) electrons. The van der Waals surface area contributed by atoms with Crippen molar-refractivity contribution in [2.75, 3.05) is 0 Å². The molecule has 0 amide bonds. The van der Waals surface area contributed by atoms with Gasteiger partial charge >= 0.3 is 11.1 Å². The predicted octanol–water partition coefficient (Wildman–Crippen LogP) is 2.06. The summed E-state index contributed by atoms with van der Waals surface area (Å²) in [4.78, 5) is 23.8. The Morgan fingerprint density at radius 3 is 2.33 bits per heavy atom. The summed E-state index contributed by atoms with van der Waals surface area (Å²) in [5.74, 6) is 0. The molecule has 0 saturated carbocycles. The first-order chi connectivity index (χ1) is 8.63.